The second-order valence-electron chi connectivity index (χ2n) is 4.54. The third-order valence-corrected chi connectivity index (χ3v) is 3.95. The normalized spacial score (nSPS) is 11.6. The fourth-order valence-electron chi connectivity index (χ4n) is 1.58. The van der Waals surface area contributed by atoms with E-state index in [4.69, 9.17) is 10.5 Å². The molecule has 0 saturated carbocycles. The van der Waals surface area contributed by atoms with Gasteiger partial charge in [0.25, 0.3) is 0 Å². The van der Waals surface area contributed by atoms with Crippen LogP contribution in [0.25, 0.3) is 0 Å². The monoisotopic (exact) mass is 285 g/mol. The minimum Gasteiger partial charge on any atom is -0.459 e. The number of rotatable bonds is 6. The van der Waals surface area contributed by atoms with Crippen LogP contribution in [0.3, 0.4) is 0 Å². The second kappa shape index (κ2) is 6.68. The van der Waals surface area contributed by atoms with Crippen LogP contribution in [0.2, 0.25) is 0 Å². The van der Waals surface area contributed by atoms with Gasteiger partial charge in [-0.15, -0.1) is 0 Å². The molecule has 1 aromatic rings. The van der Waals surface area contributed by atoms with Crippen LogP contribution in [0.4, 0.5) is 0 Å². The molecule has 0 aliphatic rings. The lowest BCUT2D eigenvalue weighted by Crippen LogP contribution is -2.17. The van der Waals surface area contributed by atoms with E-state index in [0.29, 0.717) is 11.1 Å². The highest BCUT2D eigenvalue weighted by Crippen LogP contribution is 2.11. The molecule has 0 spiro atoms. The lowest BCUT2D eigenvalue weighted by atomic mass is 10.1. The van der Waals surface area contributed by atoms with Crippen LogP contribution in [-0.2, 0) is 20.3 Å². The summed E-state index contributed by atoms with van der Waals surface area (Å²) in [4.78, 5) is 11.7. The van der Waals surface area contributed by atoms with E-state index in [1.54, 1.807) is 38.1 Å². The first-order valence-corrected chi connectivity index (χ1v) is 7.86. The van der Waals surface area contributed by atoms with Crippen molar-refractivity contribution in [3.63, 3.8) is 0 Å². The van der Waals surface area contributed by atoms with Gasteiger partial charge in [-0.1, -0.05) is 12.1 Å². The molecule has 0 aliphatic carbocycles. The first-order valence-electron chi connectivity index (χ1n) is 6.04. The summed E-state index contributed by atoms with van der Waals surface area (Å²) >= 11 is 0. The quantitative estimate of drug-likeness (QED) is 0.792. The van der Waals surface area contributed by atoms with Gasteiger partial charge < -0.3 is 10.5 Å². The van der Waals surface area contributed by atoms with Crippen LogP contribution in [0.5, 0.6) is 0 Å². The third kappa shape index (κ3) is 5.40. The van der Waals surface area contributed by atoms with Gasteiger partial charge in [0.1, 0.15) is 0 Å². The molecule has 0 heterocycles. The van der Waals surface area contributed by atoms with E-state index in [-0.39, 0.29) is 24.2 Å². The van der Waals surface area contributed by atoms with Crippen LogP contribution in [0, 0.1) is 0 Å². The van der Waals surface area contributed by atoms with Crippen molar-refractivity contribution in [1.82, 2.24) is 0 Å². The molecule has 19 heavy (non-hydrogen) atoms. The number of carbonyl (C=O) groups excluding carboxylic acids is 1. The lowest BCUT2D eigenvalue weighted by Gasteiger charge is -2.09. The molecule has 2 N–H and O–H groups in total. The number of nitrogens with two attached hydrogens (primary N) is 1. The van der Waals surface area contributed by atoms with Gasteiger partial charge in [-0.05, 0) is 31.5 Å². The summed E-state index contributed by atoms with van der Waals surface area (Å²) < 4.78 is 28.4. The van der Waals surface area contributed by atoms with Crippen LogP contribution < -0.4 is 5.73 Å². The second-order valence-corrected chi connectivity index (χ2v) is 6.72. The van der Waals surface area contributed by atoms with Crippen molar-refractivity contribution in [3.05, 3.63) is 35.4 Å². The van der Waals surface area contributed by atoms with Crippen molar-refractivity contribution in [2.75, 3.05) is 12.3 Å². The van der Waals surface area contributed by atoms with E-state index < -0.39 is 15.8 Å². The highest BCUT2D eigenvalue weighted by atomic mass is 32.2. The minimum atomic E-state index is -3.23. The van der Waals surface area contributed by atoms with Crippen molar-refractivity contribution >= 4 is 15.8 Å². The van der Waals surface area contributed by atoms with Gasteiger partial charge in [0.15, 0.2) is 9.84 Å². The largest absolute Gasteiger partial charge is 0.459 e. The Kier molecular flexibility index (Phi) is 5.50. The fourth-order valence-corrected chi connectivity index (χ4v) is 2.77. The molecule has 0 saturated heterocycles. The number of hydrogen-bond donors (Lipinski definition) is 1. The Balaban J connectivity index is 2.86. The molecular weight excluding hydrogens is 266 g/mol. The molecule has 0 unspecified atom stereocenters. The van der Waals surface area contributed by atoms with Gasteiger partial charge >= 0.3 is 5.97 Å². The Morgan fingerprint density at radius 3 is 2.63 bits per heavy atom. The minimum absolute atomic E-state index is 0.0618. The van der Waals surface area contributed by atoms with E-state index in [1.165, 1.54) is 0 Å². The summed E-state index contributed by atoms with van der Waals surface area (Å²) in [5.74, 6) is -0.631. The molecule has 106 valence electrons. The van der Waals surface area contributed by atoms with Gasteiger partial charge in [-0.25, -0.2) is 13.2 Å². The van der Waals surface area contributed by atoms with Crippen molar-refractivity contribution in [3.8, 4) is 0 Å². The number of hydrogen-bond acceptors (Lipinski definition) is 5. The van der Waals surface area contributed by atoms with E-state index >= 15 is 0 Å². The highest BCUT2D eigenvalue weighted by molar-refractivity contribution is 7.90. The summed E-state index contributed by atoms with van der Waals surface area (Å²) in [6.45, 7) is 3.61. The van der Waals surface area contributed by atoms with Gasteiger partial charge in [0, 0.05) is 6.54 Å². The van der Waals surface area contributed by atoms with E-state index in [9.17, 15) is 13.2 Å². The number of esters is 1. The molecule has 1 aromatic carbocycles. The molecule has 0 bridgehead atoms. The molecule has 0 atom stereocenters. The molecule has 6 heteroatoms. The topological polar surface area (TPSA) is 86.5 Å². The maximum absolute atomic E-state index is 11.7. The summed E-state index contributed by atoms with van der Waals surface area (Å²) in [6.07, 6.45) is -0.211. The fraction of sp³-hybridized carbons (Fsp3) is 0.462. The standard InChI is InChI=1S/C13H19NO4S/c1-10(2)18-13(15)12-5-3-4-11(8-12)9-19(16,17)7-6-14/h3-5,8,10H,6-7,9,14H2,1-2H3. The average Bonchev–Trinajstić information content (AvgIpc) is 2.27. The molecule has 5 nitrogen and oxygen atoms in total. The zero-order valence-electron chi connectivity index (χ0n) is 11.1. The first kappa shape index (κ1) is 15.7. The van der Waals surface area contributed by atoms with Gasteiger partial charge in [0.2, 0.25) is 0 Å². The van der Waals surface area contributed by atoms with Gasteiger partial charge in [0.05, 0.1) is 23.2 Å². The summed E-state index contributed by atoms with van der Waals surface area (Å²) in [5, 5.41) is 0. The van der Waals surface area contributed by atoms with Crippen molar-refractivity contribution in [1.29, 1.82) is 0 Å². The van der Waals surface area contributed by atoms with Crippen LogP contribution >= 0.6 is 0 Å². The maximum Gasteiger partial charge on any atom is 0.338 e. The lowest BCUT2D eigenvalue weighted by molar-refractivity contribution is 0.0378. The number of ether oxygens (including phenoxy) is 1. The van der Waals surface area contributed by atoms with E-state index in [0.717, 1.165) is 0 Å². The number of sulfone groups is 1. The van der Waals surface area contributed by atoms with E-state index in [2.05, 4.69) is 0 Å². The first-order chi connectivity index (χ1) is 8.84. The van der Waals surface area contributed by atoms with Crippen LogP contribution in [0.15, 0.2) is 24.3 Å². The average molecular weight is 285 g/mol. The van der Waals surface area contributed by atoms with Gasteiger partial charge in [-0.2, -0.15) is 0 Å². The van der Waals surface area contributed by atoms with Crippen LogP contribution in [0.1, 0.15) is 29.8 Å². The Morgan fingerprint density at radius 1 is 1.37 bits per heavy atom. The summed E-state index contributed by atoms with van der Waals surface area (Å²) in [7, 11) is -3.23. The highest BCUT2D eigenvalue weighted by Gasteiger charge is 2.14. The van der Waals surface area contributed by atoms with E-state index in [1.807, 2.05) is 0 Å². The maximum atomic E-state index is 11.7. The number of benzene rings is 1. The molecule has 0 fully saturated rings. The Labute approximate surface area is 113 Å². The molecule has 0 aliphatic heterocycles. The Morgan fingerprint density at radius 2 is 2.05 bits per heavy atom. The number of carbonyl (C=O) groups is 1. The smallest absolute Gasteiger partial charge is 0.338 e. The van der Waals surface area contributed by atoms with Crippen LogP contribution in [-0.4, -0.2) is 32.8 Å². The molecule has 1 rings (SSSR count). The van der Waals surface area contributed by atoms with Gasteiger partial charge in [-0.3, -0.25) is 0 Å². The molecule has 0 radical (unpaired) electrons. The summed E-state index contributed by atoms with van der Waals surface area (Å²) in [6, 6.07) is 6.45. The third-order valence-electron chi connectivity index (χ3n) is 2.32. The van der Waals surface area contributed by atoms with Crippen molar-refractivity contribution < 1.29 is 17.9 Å². The SMILES string of the molecule is CC(C)OC(=O)c1cccc(CS(=O)(=O)CCN)c1. The van der Waals surface area contributed by atoms with Crippen molar-refractivity contribution in [2.45, 2.75) is 25.7 Å². The van der Waals surface area contributed by atoms with Crippen molar-refractivity contribution in [2.24, 2.45) is 5.73 Å². The zero-order valence-corrected chi connectivity index (χ0v) is 11.9. The Bertz CT molecular complexity index is 537. The Hall–Kier alpha value is -1.40. The predicted molar refractivity (Wildman–Crippen MR) is 73.5 cm³/mol. The molecular formula is C13H19NO4S. The molecule has 0 aromatic heterocycles. The zero-order chi connectivity index (χ0) is 14.5. The molecule has 0 amide bonds. The predicted octanol–water partition coefficient (Wildman–Crippen LogP) is 1.13. The summed E-state index contributed by atoms with van der Waals surface area (Å²) in [5.41, 5.74) is 6.17.